The summed E-state index contributed by atoms with van der Waals surface area (Å²) in [5.74, 6) is 1.91. The Balaban J connectivity index is 2.36. The quantitative estimate of drug-likeness (QED) is 0.881. The lowest BCUT2D eigenvalue weighted by atomic mass is 10.1. The summed E-state index contributed by atoms with van der Waals surface area (Å²) in [6.45, 7) is 3.91. The van der Waals surface area contributed by atoms with E-state index in [1.807, 2.05) is 26.0 Å². The molecule has 0 saturated heterocycles. The lowest BCUT2D eigenvalue weighted by Gasteiger charge is -2.12. The average Bonchev–Trinajstić information content (AvgIpc) is 2.23. The lowest BCUT2D eigenvalue weighted by Crippen LogP contribution is -1.94. The van der Waals surface area contributed by atoms with Crippen LogP contribution >= 0.6 is 11.6 Å². The predicted octanol–water partition coefficient (Wildman–Crippen LogP) is 3.73. The number of hydrogen-bond donors (Lipinski definition) is 1. The van der Waals surface area contributed by atoms with Gasteiger partial charge >= 0.3 is 0 Å². The summed E-state index contributed by atoms with van der Waals surface area (Å²) in [5, 5.41) is 0.710. The molecule has 3 nitrogen and oxygen atoms in total. The first-order chi connectivity index (χ1) is 8.06. The van der Waals surface area contributed by atoms with Crippen LogP contribution in [-0.2, 0) is 0 Å². The van der Waals surface area contributed by atoms with Crippen molar-refractivity contribution in [3.63, 3.8) is 0 Å². The second-order valence-electron chi connectivity index (χ2n) is 3.89. The van der Waals surface area contributed by atoms with Crippen LogP contribution in [0.15, 0.2) is 30.5 Å². The van der Waals surface area contributed by atoms with Gasteiger partial charge in [0.05, 0.1) is 0 Å². The Morgan fingerprint density at radius 1 is 1.18 bits per heavy atom. The van der Waals surface area contributed by atoms with E-state index < -0.39 is 0 Å². The molecule has 1 heterocycles. The van der Waals surface area contributed by atoms with Gasteiger partial charge < -0.3 is 10.5 Å². The largest absolute Gasteiger partial charge is 0.457 e. The van der Waals surface area contributed by atoms with Crippen molar-refractivity contribution in [2.45, 2.75) is 13.8 Å². The van der Waals surface area contributed by atoms with Crippen molar-refractivity contribution in [2.24, 2.45) is 0 Å². The smallest absolute Gasteiger partial charge is 0.133 e. The van der Waals surface area contributed by atoms with Crippen LogP contribution in [0.4, 0.5) is 5.82 Å². The highest BCUT2D eigenvalue weighted by atomic mass is 35.5. The summed E-state index contributed by atoms with van der Waals surface area (Å²) in [5.41, 5.74) is 7.58. The van der Waals surface area contributed by atoms with E-state index in [1.54, 1.807) is 18.3 Å². The molecule has 0 radical (unpaired) electrons. The van der Waals surface area contributed by atoms with Gasteiger partial charge in [0.15, 0.2) is 0 Å². The molecule has 1 aromatic carbocycles. The van der Waals surface area contributed by atoms with Crippen LogP contribution in [0.3, 0.4) is 0 Å². The molecule has 0 fully saturated rings. The zero-order valence-electron chi connectivity index (χ0n) is 9.70. The summed E-state index contributed by atoms with van der Waals surface area (Å²) in [6, 6.07) is 7.19. The Labute approximate surface area is 105 Å². The third kappa shape index (κ3) is 2.68. The van der Waals surface area contributed by atoms with E-state index in [0.717, 1.165) is 16.9 Å². The molecule has 0 unspecified atom stereocenters. The number of benzene rings is 1. The maximum absolute atomic E-state index is 5.96. The highest BCUT2D eigenvalue weighted by molar-refractivity contribution is 6.30. The van der Waals surface area contributed by atoms with E-state index in [4.69, 9.17) is 22.1 Å². The van der Waals surface area contributed by atoms with E-state index in [0.29, 0.717) is 16.6 Å². The fourth-order valence-corrected chi connectivity index (χ4v) is 2.00. The van der Waals surface area contributed by atoms with Gasteiger partial charge in [0, 0.05) is 17.3 Å². The topological polar surface area (TPSA) is 48.1 Å². The molecule has 0 aliphatic rings. The number of nitrogens with two attached hydrogens (primary N) is 1. The van der Waals surface area contributed by atoms with E-state index in [2.05, 4.69) is 4.98 Å². The van der Waals surface area contributed by atoms with E-state index in [1.165, 1.54) is 0 Å². The van der Waals surface area contributed by atoms with Gasteiger partial charge in [-0.3, -0.25) is 0 Å². The van der Waals surface area contributed by atoms with Gasteiger partial charge in [-0.05, 0) is 43.2 Å². The third-order valence-corrected chi connectivity index (χ3v) is 2.62. The van der Waals surface area contributed by atoms with Crippen LogP contribution in [-0.4, -0.2) is 4.98 Å². The van der Waals surface area contributed by atoms with E-state index in [-0.39, 0.29) is 0 Å². The molecule has 17 heavy (non-hydrogen) atoms. The molecule has 4 heteroatoms. The summed E-state index contributed by atoms with van der Waals surface area (Å²) in [4.78, 5) is 3.92. The minimum Gasteiger partial charge on any atom is -0.457 e. The first-order valence-electron chi connectivity index (χ1n) is 5.22. The molecule has 88 valence electrons. The van der Waals surface area contributed by atoms with Gasteiger partial charge in [-0.1, -0.05) is 11.6 Å². The van der Waals surface area contributed by atoms with Gasteiger partial charge in [0.2, 0.25) is 0 Å². The van der Waals surface area contributed by atoms with Crippen LogP contribution in [0.1, 0.15) is 11.1 Å². The SMILES string of the molecule is Cc1cc(Cl)cc(C)c1Oc1ccnc(N)c1. The molecule has 2 rings (SSSR count). The van der Waals surface area contributed by atoms with Gasteiger partial charge in [0.25, 0.3) is 0 Å². The van der Waals surface area contributed by atoms with Gasteiger partial charge in [-0.25, -0.2) is 4.98 Å². The van der Waals surface area contributed by atoms with Crippen LogP contribution in [0.2, 0.25) is 5.02 Å². The van der Waals surface area contributed by atoms with Crippen molar-refractivity contribution in [1.82, 2.24) is 4.98 Å². The normalized spacial score (nSPS) is 10.3. The molecule has 0 spiro atoms. The monoisotopic (exact) mass is 248 g/mol. The molecule has 0 bridgehead atoms. The zero-order chi connectivity index (χ0) is 12.4. The standard InChI is InChI=1S/C13H13ClN2O/c1-8-5-10(14)6-9(2)13(8)17-11-3-4-16-12(15)7-11/h3-7H,1-2H3,(H2,15,16). The van der Waals surface area contributed by atoms with Gasteiger partial charge in [-0.2, -0.15) is 0 Å². The van der Waals surface area contributed by atoms with Gasteiger partial charge in [0.1, 0.15) is 17.3 Å². The van der Waals surface area contributed by atoms with Crippen LogP contribution < -0.4 is 10.5 Å². The highest BCUT2D eigenvalue weighted by Crippen LogP contribution is 2.31. The van der Waals surface area contributed by atoms with Crippen molar-refractivity contribution >= 4 is 17.4 Å². The van der Waals surface area contributed by atoms with E-state index in [9.17, 15) is 0 Å². The number of nitrogen functional groups attached to an aromatic ring is 1. The van der Waals surface area contributed by atoms with Crippen molar-refractivity contribution in [1.29, 1.82) is 0 Å². The molecular formula is C13H13ClN2O. The average molecular weight is 249 g/mol. The number of nitrogens with zero attached hydrogens (tertiary/aromatic N) is 1. The fraction of sp³-hybridized carbons (Fsp3) is 0.154. The summed E-state index contributed by atoms with van der Waals surface area (Å²) >= 11 is 5.96. The number of aryl methyl sites for hydroxylation is 2. The minimum absolute atomic E-state index is 0.437. The lowest BCUT2D eigenvalue weighted by molar-refractivity contribution is 0.475. The van der Waals surface area contributed by atoms with E-state index >= 15 is 0 Å². The molecule has 0 saturated carbocycles. The van der Waals surface area contributed by atoms with Gasteiger partial charge in [-0.15, -0.1) is 0 Å². The number of ether oxygens (including phenoxy) is 1. The number of rotatable bonds is 2. The fourth-order valence-electron chi connectivity index (χ4n) is 1.67. The number of aromatic nitrogens is 1. The number of anilines is 1. The summed E-state index contributed by atoms with van der Waals surface area (Å²) < 4.78 is 5.80. The summed E-state index contributed by atoms with van der Waals surface area (Å²) in [6.07, 6.45) is 1.62. The second-order valence-corrected chi connectivity index (χ2v) is 4.32. The van der Waals surface area contributed by atoms with Crippen LogP contribution in [0.5, 0.6) is 11.5 Å². The predicted molar refractivity (Wildman–Crippen MR) is 69.6 cm³/mol. The second kappa shape index (κ2) is 4.63. The third-order valence-electron chi connectivity index (χ3n) is 2.40. The van der Waals surface area contributed by atoms with Crippen molar-refractivity contribution in [3.05, 3.63) is 46.6 Å². The van der Waals surface area contributed by atoms with Crippen LogP contribution in [0, 0.1) is 13.8 Å². The molecular weight excluding hydrogens is 236 g/mol. The first kappa shape index (κ1) is 11.7. The van der Waals surface area contributed by atoms with Crippen molar-refractivity contribution in [3.8, 4) is 11.5 Å². The summed E-state index contributed by atoms with van der Waals surface area (Å²) in [7, 11) is 0. The molecule has 1 aromatic heterocycles. The first-order valence-corrected chi connectivity index (χ1v) is 5.60. The molecule has 0 aliphatic carbocycles. The Morgan fingerprint density at radius 2 is 1.82 bits per heavy atom. The number of halogens is 1. The molecule has 2 aromatic rings. The Morgan fingerprint density at radius 3 is 2.41 bits per heavy atom. The molecule has 0 atom stereocenters. The Bertz CT molecular complexity index is 532. The zero-order valence-corrected chi connectivity index (χ0v) is 10.5. The number of hydrogen-bond acceptors (Lipinski definition) is 3. The maximum atomic E-state index is 5.96. The highest BCUT2D eigenvalue weighted by Gasteiger charge is 2.07. The Hall–Kier alpha value is -1.74. The molecule has 0 aliphatic heterocycles. The molecule has 0 amide bonds. The van der Waals surface area contributed by atoms with Crippen molar-refractivity contribution in [2.75, 3.05) is 5.73 Å². The Kier molecular flexibility index (Phi) is 3.20. The van der Waals surface area contributed by atoms with Crippen molar-refractivity contribution < 1.29 is 4.74 Å². The number of pyridine rings is 1. The molecule has 2 N–H and O–H groups in total. The van der Waals surface area contributed by atoms with Crippen LogP contribution in [0.25, 0.3) is 0 Å². The minimum atomic E-state index is 0.437. The maximum Gasteiger partial charge on any atom is 0.133 e.